The number of hydrogen-bond acceptors (Lipinski definition) is 5. The summed E-state index contributed by atoms with van der Waals surface area (Å²) in [5.41, 5.74) is 3.29. The summed E-state index contributed by atoms with van der Waals surface area (Å²) < 4.78 is 5.55. The molecule has 0 saturated carbocycles. The summed E-state index contributed by atoms with van der Waals surface area (Å²) in [5.74, 6) is -0.735. The van der Waals surface area contributed by atoms with Gasteiger partial charge in [-0.25, -0.2) is 0 Å². The Kier molecular flexibility index (Phi) is 6.68. The lowest BCUT2D eigenvalue weighted by Crippen LogP contribution is -2.40. The fourth-order valence-corrected chi connectivity index (χ4v) is 3.31. The van der Waals surface area contributed by atoms with Crippen molar-refractivity contribution in [2.45, 2.75) is 19.4 Å². The number of nitrogens with one attached hydrogen (secondary N) is 3. The molecule has 2 aromatic carbocycles. The van der Waals surface area contributed by atoms with E-state index >= 15 is 0 Å². The van der Waals surface area contributed by atoms with E-state index in [1.807, 2.05) is 31.1 Å². The third-order valence-electron chi connectivity index (χ3n) is 4.85. The lowest BCUT2D eigenvalue weighted by Gasteiger charge is -2.25. The Morgan fingerprint density at radius 2 is 1.67 bits per heavy atom. The normalized spacial score (nSPS) is 13.2. The van der Waals surface area contributed by atoms with Crippen molar-refractivity contribution in [3.8, 4) is 5.75 Å². The van der Waals surface area contributed by atoms with Gasteiger partial charge in [0.15, 0.2) is 0 Å². The number of carbonyl (C=O) groups is 3. The van der Waals surface area contributed by atoms with Crippen LogP contribution in [-0.2, 0) is 20.8 Å². The molecule has 1 aliphatic heterocycles. The quantitative estimate of drug-likeness (QED) is 0.632. The van der Waals surface area contributed by atoms with E-state index in [0.717, 1.165) is 23.3 Å². The Labute approximate surface area is 175 Å². The molecule has 0 radical (unpaired) electrons. The highest BCUT2D eigenvalue weighted by atomic mass is 16.5. The second-order valence-electron chi connectivity index (χ2n) is 7.37. The molecule has 1 atom stereocenters. The molecule has 2 aromatic rings. The minimum atomic E-state index is -0.748. The number of carbonyl (C=O) groups excluding carboxylic acids is 3. The van der Waals surface area contributed by atoms with Crippen LogP contribution in [0.5, 0.6) is 5.75 Å². The second-order valence-corrected chi connectivity index (χ2v) is 7.37. The predicted octanol–water partition coefficient (Wildman–Crippen LogP) is 1.94. The van der Waals surface area contributed by atoms with Gasteiger partial charge in [0, 0.05) is 31.3 Å². The first-order chi connectivity index (χ1) is 14.3. The zero-order valence-corrected chi connectivity index (χ0v) is 17.3. The Bertz CT molecular complexity index is 941. The maximum atomic E-state index is 12.3. The van der Waals surface area contributed by atoms with Crippen molar-refractivity contribution in [2.75, 3.05) is 37.9 Å². The zero-order valence-electron chi connectivity index (χ0n) is 17.3. The number of amides is 3. The van der Waals surface area contributed by atoms with Gasteiger partial charge in [0.2, 0.25) is 5.91 Å². The van der Waals surface area contributed by atoms with Crippen molar-refractivity contribution in [1.29, 1.82) is 0 Å². The van der Waals surface area contributed by atoms with E-state index < -0.39 is 11.8 Å². The van der Waals surface area contributed by atoms with E-state index in [0.29, 0.717) is 24.5 Å². The average molecular weight is 410 g/mol. The number of ether oxygens (including phenoxy) is 1. The Morgan fingerprint density at radius 3 is 2.30 bits per heavy atom. The Balaban J connectivity index is 1.57. The summed E-state index contributed by atoms with van der Waals surface area (Å²) in [6.45, 7) is 2.39. The van der Waals surface area contributed by atoms with Crippen LogP contribution in [0.25, 0.3) is 0 Å². The molecule has 1 heterocycles. The highest BCUT2D eigenvalue weighted by molar-refractivity contribution is 6.39. The largest absolute Gasteiger partial charge is 0.493 e. The first-order valence-electron chi connectivity index (χ1n) is 9.72. The van der Waals surface area contributed by atoms with Crippen LogP contribution in [0.4, 0.5) is 11.4 Å². The van der Waals surface area contributed by atoms with Crippen molar-refractivity contribution < 1.29 is 19.1 Å². The molecule has 0 aliphatic carbocycles. The first kappa shape index (κ1) is 21.3. The molecule has 30 heavy (non-hydrogen) atoms. The van der Waals surface area contributed by atoms with Gasteiger partial charge in [0.05, 0.1) is 12.6 Å². The number of likely N-dealkylation sites (N-methyl/N-ethyl adjacent to an activating group) is 1. The van der Waals surface area contributed by atoms with Gasteiger partial charge >= 0.3 is 11.8 Å². The molecule has 3 amide bonds. The zero-order chi connectivity index (χ0) is 21.7. The minimum absolute atomic E-state index is 0.0791. The maximum Gasteiger partial charge on any atom is 0.313 e. The maximum absolute atomic E-state index is 12.3. The van der Waals surface area contributed by atoms with Crippen molar-refractivity contribution in [3.63, 3.8) is 0 Å². The number of benzene rings is 2. The molecule has 0 saturated heterocycles. The molecule has 0 aromatic heterocycles. The van der Waals surface area contributed by atoms with Crippen LogP contribution in [0.1, 0.15) is 24.1 Å². The van der Waals surface area contributed by atoms with Crippen LogP contribution in [0.15, 0.2) is 42.5 Å². The topological polar surface area (TPSA) is 99.8 Å². The highest BCUT2D eigenvalue weighted by Gasteiger charge is 2.21. The Hall–Kier alpha value is -3.39. The molecule has 3 N–H and O–H groups in total. The monoisotopic (exact) mass is 410 g/mol. The summed E-state index contributed by atoms with van der Waals surface area (Å²) in [6.07, 6.45) is 0.874. The van der Waals surface area contributed by atoms with Gasteiger partial charge in [-0.05, 0) is 55.6 Å². The van der Waals surface area contributed by atoms with Crippen molar-refractivity contribution in [3.05, 3.63) is 53.6 Å². The smallest absolute Gasteiger partial charge is 0.313 e. The molecule has 8 heteroatoms. The molecule has 3 rings (SSSR count). The Morgan fingerprint density at radius 1 is 1.00 bits per heavy atom. The van der Waals surface area contributed by atoms with Crippen LogP contribution in [0.3, 0.4) is 0 Å². The van der Waals surface area contributed by atoms with Crippen LogP contribution in [0.2, 0.25) is 0 Å². The van der Waals surface area contributed by atoms with Crippen LogP contribution >= 0.6 is 0 Å². The molecule has 8 nitrogen and oxygen atoms in total. The van der Waals surface area contributed by atoms with Crippen molar-refractivity contribution in [1.82, 2.24) is 10.2 Å². The minimum Gasteiger partial charge on any atom is -0.493 e. The standard InChI is InChI=1S/C22H26N4O4/c1-14(27)24-17-5-7-18(8-6-17)25-22(29)21(28)23-13-19(26(2)3)15-4-9-20-16(12-15)10-11-30-20/h4-9,12,19H,10-11,13H2,1-3H3,(H,23,28)(H,24,27)(H,25,29). The van der Waals surface area contributed by atoms with Gasteiger partial charge in [-0.1, -0.05) is 12.1 Å². The van der Waals surface area contributed by atoms with Gasteiger partial charge in [-0.3, -0.25) is 14.4 Å². The SMILES string of the molecule is CC(=O)Nc1ccc(NC(=O)C(=O)NCC(c2ccc3c(c2)CCO3)N(C)C)cc1. The number of rotatable bonds is 6. The van der Waals surface area contributed by atoms with Gasteiger partial charge in [0.1, 0.15) is 5.75 Å². The summed E-state index contributed by atoms with van der Waals surface area (Å²) >= 11 is 0. The molecule has 0 bridgehead atoms. The van der Waals surface area contributed by atoms with Crippen molar-refractivity contribution in [2.24, 2.45) is 0 Å². The van der Waals surface area contributed by atoms with E-state index in [2.05, 4.69) is 22.0 Å². The van der Waals surface area contributed by atoms with Gasteiger partial charge in [-0.2, -0.15) is 0 Å². The molecule has 1 unspecified atom stereocenters. The van der Waals surface area contributed by atoms with E-state index in [9.17, 15) is 14.4 Å². The molecule has 0 fully saturated rings. The average Bonchev–Trinajstić information content (AvgIpc) is 3.16. The van der Waals surface area contributed by atoms with Gasteiger partial charge in [0.25, 0.3) is 0 Å². The lowest BCUT2D eigenvalue weighted by atomic mass is 10.0. The van der Waals surface area contributed by atoms with E-state index in [4.69, 9.17) is 4.74 Å². The van der Waals surface area contributed by atoms with Crippen molar-refractivity contribution >= 4 is 29.1 Å². The molecule has 1 aliphatic rings. The molecule has 0 spiro atoms. The van der Waals surface area contributed by atoms with Crippen LogP contribution in [0, 0.1) is 0 Å². The number of nitrogens with zero attached hydrogens (tertiary/aromatic N) is 1. The summed E-state index contributed by atoms with van der Waals surface area (Å²) in [5, 5.41) is 7.90. The third-order valence-corrected chi connectivity index (χ3v) is 4.85. The number of hydrogen-bond donors (Lipinski definition) is 3. The first-order valence-corrected chi connectivity index (χ1v) is 9.72. The molecular formula is C22H26N4O4. The van der Waals surface area contributed by atoms with E-state index in [-0.39, 0.29) is 11.9 Å². The van der Waals surface area contributed by atoms with E-state index in [1.165, 1.54) is 6.92 Å². The molecule has 158 valence electrons. The van der Waals surface area contributed by atoms with Crippen LogP contribution < -0.4 is 20.7 Å². The highest BCUT2D eigenvalue weighted by Crippen LogP contribution is 2.29. The second kappa shape index (κ2) is 9.41. The summed E-state index contributed by atoms with van der Waals surface area (Å²) in [4.78, 5) is 37.6. The molecular weight excluding hydrogens is 384 g/mol. The van der Waals surface area contributed by atoms with Gasteiger partial charge < -0.3 is 25.6 Å². The summed E-state index contributed by atoms with van der Waals surface area (Å²) in [7, 11) is 3.86. The van der Waals surface area contributed by atoms with Crippen LogP contribution in [-0.4, -0.2) is 49.9 Å². The number of anilines is 2. The third kappa shape index (κ3) is 5.36. The summed E-state index contributed by atoms with van der Waals surface area (Å²) in [6, 6.07) is 12.5. The lowest BCUT2D eigenvalue weighted by molar-refractivity contribution is -0.136. The fraction of sp³-hybridized carbons (Fsp3) is 0.318. The van der Waals surface area contributed by atoms with Gasteiger partial charge in [-0.15, -0.1) is 0 Å². The van der Waals surface area contributed by atoms with E-state index in [1.54, 1.807) is 24.3 Å². The fourth-order valence-electron chi connectivity index (χ4n) is 3.31. The number of fused-ring (bicyclic) bond motifs is 1. The predicted molar refractivity (Wildman–Crippen MR) is 114 cm³/mol.